The molecule has 0 amide bonds. The molecular formula is C20H18O5. The molecule has 0 unspecified atom stereocenters. The molecule has 1 N–H and O–H groups in total. The molecule has 128 valence electrons. The van der Waals surface area contributed by atoms with Gasteiger partial charge in [0.15, 0.2) is 0 Å². The average molecular weight is 338 g/mol. The van der Waals surface area contributed by atoms with Crippen LogP contribution in [0.1, 0.15) is 30.4 Å². The van der Waals surface area contributed by atoms with Crippen molar-refractivity contribution in [1.82, 2.24) is 0 Å². The van der Waals surface area contributed by atoms with Gasteiger partial charge in [-0.2, -0.15) is 0 Å². The molecule has 0 radical (unpaired) electrons. The first-order valence-electron chi connectivity index (χ1n) is 7.89. The third-order valence-corrected chi connectivity index (χ3v) is 4.14. The van der Waals surface area contributed by atoms with E-state index in [1.165, 1.54) is 26.2 Å². The van der Waals surface area contributed by atoms with Gasteiger partial charge >= 0.3 is 5.63 Å². The molecule has 5 nitrogen and oxygen atoms in total. The third kappa shape index (κ3) is 3.26. The monoisotopic (exact) mass is 338 g/mol. The molecule has 1 aromatic heterocycles. The van der Waals surface area contributed by atoms with Gasteiger partial charge in [-0.3, -0.25) is 4.79 Å². The van der Waals surface area contributed by atoms with Gasteiger partial charge in [0, 0.05) is 12.3 Å². The van der Waals surface area contributed by atoms with Gasteiger partial charge in [-0.1, -0.05) is 24.3 Å². The highest BCUT2D eigenvalue weighted by molar-refractivity contribution is 5.85. The Labute approximate surface area is 144 Å². The Morgan fingerprint density at radius 1 is 1.16 bits per heavy atom. The van der Waals surface area contributed by atoms with E-state index in [2.05, 4.69) is 0 Å². The highest BCUT2D eigenvalue weighted by atomic mass is 16.5. The van der Waals surface area contributed by atoms with Crippen molar-refractivity contribution in [1.29, 1.82) is 0 Å². The molecule has 0 aliphatic heterocycles. The summed E-state index contributed by atoms with van der Waals surface area (Å²) in [7, 11) is 1.49. The standard InChI is InChI=1S/C20H18O5/c1-12(21)11-16(13-7-9-14(22)10-8-13)18-19(24-2)15-5-3-4-6-17(15)25-20(18)23/h3-10,16,22H,11H2,1-2H3/t16-/m1/s1. The van der Waals surface area contributed by atoms with Crippen molar-refractivity contribution in [3.63, 3.8) is 0 Å². The van der Waals surface area contributed by atoms with Crippen LogP contribution in [0, 0.1) is 0 Å². The first-order valence-corrected chi connectivity index (χ1v) is 7.89. The van der Waals surface area contributed by atoms with E-state index in [0.29, 0.717) is 22.3 Å². The number of para-hydroxylation sites is 1. The number of carbonyl (C=O) groups excluding carboxylic acids is 1. The van der Waals surface area contributed by atoms with E-state index in [0.717, 1.165) is 5.56 Å². The number of hydrogen-bond donors (Lipinski definition) is 1. The maximum atomic E-state index is 12.7. The number of ketones is 1. The van der Waals surface area contributed by atoms with E-state index in [1.54, 1.807) is 24.3 Å². The van der Waals surface area contributed by atoms with Crippen LogP contribution in [0.4, 0.5) is 0 Å². The Balaban J connectivity index is 2.28. The van der Waals surface area contributed by atoms with E-state index in [1.807, 2.05) is 12.1 Å². The molecule has 0 aliphatic carbocycles. The van der Waals surface area contributed by atoms with Gasteiger partial charge in [0.25, 0.3) is 0 Å². The summed E-state index contributed by atoms with van der Waals surface area (Å²) >= 11 is 0. The quantitative estimate of drug-likeness (QED) is 0.719. The second-order valence-corrected chi connectivity index (χ2v) is 5.88. The molecule has 0 saturated carbocycles. The number of rotatable bonds is 5. The topological polar surface area (TPSA) is 76.7 Å². The summed E-state index contributed by atoms with van der Waals surface area (Å²) in [5, 5.41) is 10.2. The fourth-order valence-corrected chi connectivity index (χ4v) is 3.04. The zero-order chi connectivity index (χ0) is 18.0. The van der Waals surface area contributed by atoms with E-state index >= 15 is 0 Å². The fraction of sp³-hybridized carbons (Fsp3) is 0.200. The number of methoxy groups -OCH3 is 1. The number of phenolic OH excluding ortho intramolecular Hbond substituents is 1. The number of fused-ring (bicyclic) bond motifs is 1. The predicted octanol–water partition coefficient (Wildman–Crippen LogP) is 3.62. The van der Waals surface area contributed by atoms with Gasteiger partial charge in [0.1, 0.15) is 22.9 Å². The molecule has 0 bridgehead atoms. The van der Waals surface area contributed by atoms with Crippen LogP contribution in [0.3, 0.4) is 0 Å². The van der Waals surface area contributed by atoms with Crippen LogP contribution in [0.15, 0.2) is 57.7 Å². The number of ether oxygens (including phenoxy) is 1. The first-order chi connectivity index (χ1) is 12.0. The average Bonchev–Trinajstić information content (AvgIpc) is 2.59. The third-order valence-electron chi connectivity index (χ3n) is 4.14. The molecule has 0 aliphatic rings. The van der Waals surface area contributed by atoms with Gasteiger partial charge in [0.05, 0.1) is 18.1 Å². The summed E-state index contributed by atoms with van der Waals surface area (Å²) < 4.78 is 11.0. The molecule has 2 aromatic carbocycles. The van der Waals surface area contributed by atoms with Crippen molar-refractivity contribution in [2.45, 2.75) is 19.3 Å². The van der Waals surface area contributed by atoms with E-state index in [-0.39, 0.29) is 18.0 Å². The summed E-state index contributed by atoms with van der Waals surface area (Å²) in [4.78, 5) is 24.5. The zero-order valence-electron chi connectivity index (χ0n) is 14.0. The Kier molecular flexibility index (Phi) is 4.57. The minimum atomic E-state index is -0.533. The number of hydrogen-bond acceptors (Lipinski definition) is 5. The van der Waals surface area contributed by atoms with Gasteiger partial charge in [-0.15, -0.1) is 0 Å². The molecule has 1 atom stereocenters. The smallest absolute Gasteiger partial charge is 0.343 e. The summed E-state index contributed by atoms with van der Waals surface area (Å²) in [6, 6.07) is 13.5. The largest absolute Gasteiger partial charge is 0.508 e. The second-order valence-electron chi connectivity index (χ2n) is 5.88. The van der Waals surface area contributed by atoms with Crippen molar-refractivity contribution in [2.75, 3.05) is 7.11 Å². The molecule has 0 saturated heterocycles. The Morgan fingerprint density at radius 3 is 2.48 bits per heavy atom. The number of benzene rings is 2. The molecule has 3 aromatic rings. The molecule has 1 heterocycles. The SMILES string of the molecule is COc1c([C@H](CC(C)=O)c2ccc(O)cc2)c(=O)oc2ccccc12. The predicted molar refractivity (Wildman–Crippen MR) is 94.3 cm³/mol. The lowest BCUT2D eigenvalue weighted by Crippen LogP contribution is -2.18. The minimum absolute atomic E-state index is 0.0623. The van der Waals surface area contributed by atoms with Gasteiger partial charge in [-0.25, -0.2) is 4.79 Å². The van der Waals surface area contributed by atoms with Crippen molar-refractivity contribution in [3.05, 3.63) is 70.1 Å². The lowest BCUT2D eigenvalue weighted by molar-refractivity contribution is -0.117. The number of phenols is 1. The minimum Gasteiger partial charge on any atom is -0.508 e. The lowest BCUT2D eigenvalue weighted by Gasteiger charge is -2.19. The van der Waals surface area contributed by atoms with Crippen molar-refractivity contribution in [2.24, 2.45) is 0 Å². The fourth-order valence-electron chi connectivity index (χ4n) is 3.04. The van der Waals surface area contributed by atoms with Crippen molar-refractivity contribution in [3.8, 4) is 11.5 Å². The van der Waals surface area contributed by atoms with Crippen molar-refractivity contribution < 1.29 is 19.1 Å². The summed E-state index contributed by atoms with van der Waals surface area (Å²) in [5.41, 5.74) is 0.936. The van der Waals surface area contributed by atoms with E-state index in [4.69, 9.17) is 9.15 Å². The van der Waals surface area contributed by atoms with Crippen LogP contribution in [0.25, 0.3) is 11.0 Å². The van der Waals surface area contributed by atoms with Gasteiger partial charge < -0.3 is 14.3 Å². The van der Waals surface area contributed by atoms with E-state index in [9.17, 15) is 14.7 Å². The van der Waals surface area contributed by atoms with Crippen molar-refractivity contribution >= 4 is 16.8 Å². The Morgan fingerprint density at radius 2 is 1.84 bits per heavy atom. The van der Waals surface area contributed by atoms with Gasteiger partial charge in [0.2, 0.25) is 0 Å². The highest BCUT2D eigenvalue weighted by Gasteiger charge is 2.26. The number of Topliss-reactive ketones (excluding diaryl/α,β-unsaturated/α-hetero) is 1. The summed E-state index contributed by atoms with van der Waals surface area (Å²) in [5.74, 6) is -0.0596. The maximum absolute atomic E-state index is 12.7. The maximum Gasteiger partial charge on any atom is 0.343 e. The second kappa shape index (κ2) is 6.81. The van der Waals surface area contributed by atoms with Crippen LogP contribution in [0.5, 0.6) is 11.5 Å². The Hall–Kier alpha value is -3.08. The van der Waals surface area contributed by atoms with Crippen LogP contribution >= 0.6 is 0 Å². The van der Waals surface area contributed by atoms with Crippen LogP contribution in [-0.2, 0) is 4.79 Å². The molecule has 0 fully saturated rings. The number of carbonyl (C=O) groups is 1. The number of aromatic hydroxyl groups is 1. The van der Waals surface area contributed by atoms with Crippen LogP contribution in [-0.4, -0.2) is 18.0 Å². The molecule has 25 heavy (non-hydrogen) atoms. The molecule has 0 spiro atoms. The zero-order valence-corrected chi connectivity index (χ0v) is 14.0. The molecule has 5 heteroatoms. The van der Waals surface area contributed by atoms with Crippen LogP contribution in [0.2, 0.25) is 0 Å². The molecular weight excluding hydrogens is 320 g/mol. The highest BCUT2D eigenvalue weighted by Crippen LogP contribution is 2.37. The lowest BCUT2D eigenvalue weighted by atomic mass is 9.87. The van der Waals surface area contributed by atoms with E-state index < -0.39 is 11.5 Å². The first kappa shape index (κ1) is 16.8. The Bertz CT molecular complexity index is 970. The normalized spacial score (nSPS) is 12.1. The van der Waals surface area contributed by atoms with Crippen LogP contribution < -0.4 is 10.4 Å². The summed E-state index contributed by atoms with van der Waals surface area (Å²) in [6.45, 7) is 1.47. The van der Waals surface area contributed by atoms with Gasteiger partial charge in [-0.05, 0) is 36.8 Å². The molecule has 3 rings (SSSR count). The summed E-state index contributed by atoms with van der Waals surface area (Å²) in [6.07, 6.45) is 0.129.